The molecule has 3 rings (SSSR count). The van der Waals surface area contributed by atoms with Crippen LogP contribution in [-0.2, 0) is 16.6 Å². The van der Waals surface area contributed by atoms with Crippen LogP contribution in [0.3, 0.4) is 0 Å². The monoisotopic (exact) mass is 461 g/mol. The summed E-state index contributed by atoms with van der Waals surface area (Å²) in [5, 5.41) is 2.76. The summed E-state index contributed by atoms with van der Waals surface area (Å²) in [6, 6.07) is 14.9. The fraction of sp³-hybridized carbons (Fsp3) is 0.0476. The first-order valence-electron chi connectivity index (χ1n) is 8.90. The van der Waals surface area contributed by atoms with Gasteiger partial charge in [-0.2, -0.15) is 0 Å². The van der Waals surface area contributed by atoms with Crippen molar-refractivity contribution in [3.8, 4) is 0 Å². The molecule has 0 aliphatic rings. The molecule has 0 spiro atoms. The number of hydrogen-bond donors (Lipinski definition) is 3. The fourth-order valence-corrected chi connectivity index (χ4v) is 3.97. The number of anilines is 1. The summed E-state index contributed by atoms with van der Waals surface area (Å²) in [6.07, 6.45) is 0. The molecule has 31 heavy (non-hydrogen) atoms. The van der Waals surface area contributed by atoms with Crippen LogP contribution in [0.2, 0.25) is 5.02 Å². The summed E-state index contributed by atoms with van der Waals surface area (Å²) in [5.74, 6) is -1.63. The van der Waals surface area contributed by atoms with E-state index in [1.165, 1.54) is 18.2 Å². The first kappa shape index (κ1) is 22.3. The molecule has 160 valence electrons. The fourth-order valence-electron chi connectivity index (χ4n) is 2.68. The predicted octanol–water partition coefficient (Wildman–Crippen LogP) is 3.31. The number of nitrogens with one attached hydrogen (secondary N) is 2. The molecule has 4 N–H and O–H groups in total. The number of primary amides is 1. The van der Waals surface area contributed by atoms with Crippen molar-refractivity contribution in [2.75, 3.05) is 4.72 Å². The molecule has 0 fully saturated rings. The Morgan fingerprint density at radius 1 is 0.968 bits per heavy atom. The van der Waals surface area contributed by atoms with Crippen LogP contribution >= 0.6 is 11.6 Å². The molecule has 0 atom stereocenters. The number of rotatable bonds is 7. The third-order valence-corrected chi connectivity index (χ3v) is 5.97. The zero-order valence-corrected chi connectivity index (χ0v) is 17.5. The smallest absolute Gasteiger partial charge is 0.261 e. The second kappa shape index (κ2) is 9.15. The second-order valence-electron chi connectivity index (χ2n) is 6.50. The molecule has 0 radical (unpaired) electrons. The predicted molar refractivity (Wildman–Crippen MR) is 115 cm³/mol. The first-order chi connectivity index (χ1) is 14.7. The van der Waals surface area contributed by atoms with Crippen LogP contribution in [0.15, 0.2) is 71.6 Å². The molecule has 0 aliphatic heterocycles. The first-order valence-corrected chi connectivity index (χ1v) is 10.8. The van der Waals surface area contributed by atoms with E-state index in [1.54, 1.807) is 24.3 Å². The number of carbonyl (C=O) groups is 2. The number of nitrogens with two attached hydrogens (primary N) is 1. The number of carbonyl (C=O) groups excluding carboxylic acids is 2. The van der Waals surface area contributed by atoms with Crippen molar-refractivity contribution in [3.05, 3.63) is 94.3 Å². The van der Waals surface area contributed by atoms with E-state index in [2.05, 4.69) is 10.0 Å². The molecule has 0 saturated carbocycles. The van der Waals surface area contributed by atoms with Crippen LogP contribution in [0.5, 0.6) is 0 Å². The van der Waals surface area contributed by atoms with E-state index < -0.39 is 27.7 Å². The Morgan fingerprint density at radius 3 is 2.35 bits per heavy atom. The van der Waals surface area contributed by atoms with Crippen molar-refractivity contribution in [2.24, 2.45) is 5.73 Å². The molecule has 0 saturated heterocycles. The third kappa shape index (κ3) is 5.59. The van der Waals surface area contributed by atoms with Gasteiger partial charge in [0, 0.05) is 17.7 Å². The van der Waals surface area contributed by atoms with Gasteiger partial charge in [-0.25, -0.2) is 12.8 Å². The molecule has 3 aromatic rings. The number of benzene rings is 3. The van der Waals surface area contributed by atoms with Gasteiger partial charge in [-0.15, -0.1) is 0 Å². The van der Waals surface area contributed by atoms with Crippen molar-refractivity contribution in [1.82, 2.24) is 5.32 Å². The van der Waals surface area contributed by atoms with Gasteiger partial charge >= 0.3 is 0 Å². The van der Waals surface area contributed by atoms with Gasteiger partial charge in [-0.3, -0.25) is 14.3 Å². The molecule has 0 heterocycles. The van der Waals surface area contributed by atoms with Crippen molar-refractivity contribution in [3.63, 3.8) is 0 Å². The van der Waals surface area contributed by atoms with Gasteiger partial charge in [0.2, 0.25) is 5.91 Å². The van der Waals surface area contributed by atoms with Crippen molar-refractivity contribution >= 4 is 39.1 Å². The quantitative estimate of drug-likeness (QED) is 0.500. The highest BCUT2D eigenvalue weighted by Crippen LogP contribution is 2.26. The van der Waals surface area contributed by atoms with E-state index in [4.69, 9.17) is 17.3 Å². The largest absolute Gasteiger partial charge is 0.366 e. The molecule has 7 nitrogen and oxygen atoms in total. The van der Waals surface area contributed by atoms with E-state index >= 15 is 0 Å². The van der Waals surface area contributed by atoms with Crippen LogP contribution in [0.25, 0.3) is 0 Å². The van der Waals surface area contributed by atoms with Crippen LogP contribution in [-0.4, -0.2) is 20.2 Å². The second-order valence-corrected chi connectivity index (χ2v) is 8.59. The van der Waals surface area contributed by atoms with Crippen molar-refractivity contribution < 1.29 is 22.4 Å². The standard InChI is InChI=1S/C21H17ClFN3O4S/c22-18-9-4-15(21(28)25-12-13-2-1-3-14(10-13)20(24)27)11-19(18)26-31(29,30)17-7-5-16(23)6-8-17/h1-11,26H,12H2,(H2,24,27)(H,25,28). The Balaban J connectivity index is 1.75. The number of amides is 2. The van der Waals surface area contributed by atoms with Gasteiger partial charge < -0.3 is 11.1 Å². The maximum absolute atomic E-state index is 13.1. The van der Waals surface area contributed by atoms with Gasteiger partial charge in [-0.1, -0.05) is 23.7 Å². The molecule has 0 aromatic heterocycles. The highest BCUT2D eigenvalue weighted by molar-refractivity contribution is 7.92. The topological polar surface area (TPSA) is 118 Å². The molecular weight excluding hydrogens is 445 g/mol. The summed E-state index contributed by atoms with van der Waals surface area (Å²) in [4.78, 5) is 23.6. The summed E-state index contributed by atoms with van der Waals surface area (Å²) in [7, 11) is -4.04. The summed E-state index contributed by atoms with van der Waals surface area (Å²) in [6.45, 7) is 0.124. The molecule has 0 bridgehead atoms. The van der Waals surface area contributed by atoms with Crippen molar-refractivity contribution in [1.29, 1.82) is 0 Å². The number of halogens is 2. The average molecular weight is 462 g/mol. The minimum absolute atomic E-state index is 0.00522. The SMILES string of the molecule is NC(=O)c1cccc(CNC(=O)c2ccc(Cl)c(NS(=O)(=O)c3ccc(F)cc3)c2)c1. The number of sulfonamides is 1. The lowest BCUT2D eigenvalue weighted by Crippen LogP contribution is -2.23. The Labute approximate surface area is 183 Å². The average Bonchev–Trinajstić information content (AvgIpc) is 2.74. The molecule has 2 amide bonds. The van der Waals surface area contributed by atoms with Gasteiger partial charge in [0.05, 0.1) is 15.6 Å². The zero-order valence-electron chi connectivity index (χ0n) is 15.9. The van der Waals surface area contributed by atoms with Crippen LogP contribution in [0.1, 0.15) is 26.3 Å². The van der Waals surface area contributed by atoms with Crippen molar-refractivity contribution in [2.45, 2.75) is 11.4 Å². The zero-order chi connectivity index (χ0) is 22.6. The van der Waals surface area contributed by atoms with E-state index in [0.717, 1.165) is 24.3 Å². The molecular formula is C21H17ClFN3O4S. The van der Waals surface area contributed by atoms with E-state index in [0.29, 0.717) is 11.1 Å². The minimum atomic E-state index is -4.04. The van der Waals surface area contributed by atoms with Gasteiger partial charge in [0.1, 0.15) is 5.82 Å². The van der Waals surface area contributed by atoms with Gasteiger partial charge in [0.25, 0.3) is 15.9 Å². The molecule has 0 unspecified atom stereocenters. The highest BCUT2D eigenvalue weighted by atomic mass is 35.5. The summed E-state index contributed by atoms with van der Waals surface area (Å²) in [5.41, 5.74) is 6.38. The highest BCUT2D eigenvalue weighted by Gasteiger charge is 2.17. The summed E-state index contributed by atoms with van der Waals surface area (Å²) >= 11 is 6.08. The summed E-state index contributed by atoms with van der Waals surface area (Å²) < 4.78 is 40.4. The van der Waals surface area contributed by atoms with Crippen LogP contribution in [0, 0.1) is 5.82 Å². The Kier molecular flexibility index (Phi) is 6.57. The van der Waals surface area contributed by atoms with E-state index in [9.17, 15) is 22.4 Å². The normalized spacial score (nSPS) is 11.0. The third-order valence-electron chi connectivity index (χ3n) is 4.26. The maximum atomic E-state index is 13.1. The van der Waals surface area contributed by atoms with E-state index in [-0.39, 0.29) is 27.7 Å². The molecule has 10 heteroatoms. The molecule has 3 aromatic carbocycles. The minimum Gasteiger partial charge on any atom is -0.366 e. The van der Waals surface area contributed by atoms with Crippen LogP contribution in [0.4, 0.5) is 10.1 Å². The van der Waals surface area contributed by atoms with Crippen LogP contribution < -0.4 is 15.8 Å². The Bertz CT molecular complexity index is 1250. The Morgan fingerprint density at radius 2 is 1.68 bits per heavy atom. The Hall–Kier alpha value is -3.43. The lowest BCUT2D eigenvalue weighted by molar-refractivity contribution is 0.0950. The lowest BCUT2D eigenvalue weighted by Gasteiger charge is -2.12. The van der Waals surface area contributed by atoms with Gasteiger partial charge in [-0.05, 0) is 60.2 Å². The lowest BCUT2D eigenvalue weighted by atomic mass is 10.1. The maximum Gasteiger partial charge on any atom is 0.261 e. The molecule has 0 aliphatic carbocycles. The van der Waals surface area contributed by atoms with Gasteiger partial charge in [0.15, 0.2) is 0 Å². The number of hydrogen-bond acceptors (Lipinski definition) is 4. The van der Waals surface area contributed by atoms with E-state index in [1.807, 2.05) is 0 Å².